The zero-order valence-corrected chi connectivity index (χ0v) is 11.6. The minimum absolute atomic E-state index is 0.00417. The Bertz CT molecular complexity index is 595. The Morgan fingerprint density at radius 3 is 2.90 bits per heavy atom. The molecule has 0 aromatic heterocycles. The van der Waals surface area contributed by atoms with E-state index < -0.39 is 0 Å². The lowest BCUT2D eigenvalue weighted by atomic mass is 10.0. The summed E-state index contributed by atoms with van der Waals surface area (Å²) in [6.45, 7) is 0.298. The third kappa shape index (κ3) is 3.48. The lowest BCUT2D eigenvalue weighted by Gasteiger charge is -2.09. The van der Waals surface area contributed by atoms with Crippen molar-refractivity contribution < 1.29 is 14.6 Å². The molecule has 0 aliphatic heterocycles. The Kier molecular flexibility index (Phi) is 4.96. The third-order valence-electron chi connectivity index (χ3n) is 3.20. The van der Waals surface area contributed by atoms with E-state index in [0.717, 1.165) is 22.1 Å². The van der Waals surface area contributed by atoms with E-state index in [1.165, 1.54) is 0 Å². The van der Waals surface area contributed by atoms with Crippen molar-refractivity contribution in [2.24, 2.45) is 0 Å². The summed E-state index contributed by atoms with van der Waals surface area (Å²) in [4.78, 5) is 11.3. The maximum absolute atomic E-state index is 11.3. The molecule has 2 aromatic carbocycles. The van der Waals surface area contributed by atoms with Crippen molar-refractivity contribution in [3.63, 3.8) is 0 Å². The summed E-state index contributed by atoms with van der Waals surface area (Å²) in [7, 11) is 1.65. The van der Waals surface area contributed by atoms with Crippen LogP contribution < -0.4 is 10.1 Å². The predicted octanol–water partition coefficient (Wildman–Crippen LogP) is 1.89. The Hall–Kier alpha value is -2.07. The van der Waals surface area contributed by atoms with Gasteiger partial charge in [0.15, 0.2) is 0 Å². The van der Waals surface area contributed by atoms with Crippen molar-refractivity contribution in [3.8, 4) is 5.75 Å². The Balaban J connectivity index is 2.21. The SMILES string of the molecule is CNC(=O)CCc1cccc2cc(OCCO)ccc12. The van der Waals surface area contributed by atoms with E-state index in [4.69, 9.17) is 9.84 Å². The molecule has 0 radical (unpaired) electrons. The number of aryl methyl sites for hydroxylation is 1. The van der Waals surface area contributed by atoms with Crippen LogP contribution in [0.25, 0.3) is 10.8 Å². The minimum atomic E-state index is 0.00417. The molecule has 2 aromatic rings. The van der Waals surface area contributed by atoms with Crippen LogP contribution in [0.2, 0.25) is 0 Å². The highest BCUT2D eigenvalue weighted by molar-refractivity contribution is 5.87. The second-order valence-corrected chi connectivity index (χ2v) is 4.55. The highest BCUT2D eigenvalue weighted by Crippen LogP contribution is 2.24. The first-order valence-corrected chi connectivity index (χ1v) is 6.70. The molecule has 0 fully saturated rings. The highest BCUT2D eigenvalue weighted by atomic mass is 16.5. The van der Waals surface area contributed by atoms with Crippen molar-refractivity contribution in [1.82, 2.24) is 5.32 Å². The van der Waals surface area contributed by atoms with Gasteiger partial charge >= 0.3 is 0 Å². The van der Waals surface area contributed by atoms with Crippen molar-refractivity contribution in [2.45, 2.75) is 12.8 Å². The second kappa shape index (κ2) is 6.91. The van der Waals surface area contributed by atoms with E-state index in [1.54, 1.807) is 7.05 Å². The molecule has 106 valence electrons. The molecule has 4 nitrogen and oxygen atoms in total. The average Bonchev–Trinajstić information content (AvgIpc) is 2.50. The van der Waals surface area contributed by atoms with E-state index in [-0.39, 0.29) is 12.5 Å². The second-order valence-electron chi connectivity index (χ2n) is 4.55. The summed E-state index contributed by atoms with van der Waals surface area (Å²) in [5, 5.41) is 13.6. The van der Waals surface area contributed by atoms with E-state index in [1.807, 2.05) is 36.4 Å². The van der Waals surface area contributed by atoms with Gasteiger partial charge in [0.1, 0.15) is 12.4 Å². The fourth-order valence-electron chi connectivity index (χ4n) is 2.17. The molecular weight excluding hydrogens is 254 g/mol. The van der Waals surface area contributed by atoms with Crippen LogP contribution in [0, 0.1) is 0 Å². The average molecular weight is 273 g/mol. The summed E-state index contributed by atoms with van der Waals surface area (Å²) < 4.78 is 5.40. The van der Waals surface area contributed by atoms with Crippen LogP contribution in [-0.2, 0) is 11.2 Å². The Labute approximate surface area is 118 Å². The Morgan fingerprint density at radius 1 is 1.30 bits per heavy atom. The maximum atomic E-state index is 11.3. The normalized spacial score (nSPS) is 10.5. The van der Waals surface area contributed by atoms with Crippen molar-refractivity contribution >= 4 is 16.7 Å². The fourth-order valence-corrected chi connectivity index (χ4v) is 2.17. The molecular formula is C16H19NO3. The monoisotopic (exact) mass is 273 g/mol. The largest absolute Gasteiger partial charge is 0.491 e. The van der Waals surface area contributed by atoms with E-state index in [0.29, 0.717) is 19.4 Å². The minimum Gasteiger partial charge on any atom is -0.491 e. The number of amides is 1. The number of hydrogen-bond acceptors (Lipinski definition) is 3. The van der Waals surface area contributed by atoms with Gasteiger partial charge in [0, 0.05) is 13.5 Å². The number of rotatable bonds is 6. The molecule has 0 spiro atoms. The van der Waals surface area contributed by atoms with Gasteiger partial charge in [-0.25, -0.2) is 0 Å². The van der Waals surface area contributed by atoms with E-state index in [9.17, 15) is 4.79 Å². The van der Waals surface area contributed by atoms with Crippen LogP contribution in [0.4, 0.5) is 0 Å². The van der Waals surface area contributed by atoms with Gasteiger partial charge in [0.05, 0.1) is 6.61 Å². The maximum Gasteiger partial charge on any atom is 0.220 e. The first-order chi connectivity index (χ1) is 9.74. The van der Waals surface area contributed by atoms with Crippen LogP contribution in [0.5, 0.6) is 5.75 Å². The van der Waals surface area contributed by atoms with Gasteiger partial charge in [-0.1, -0.05) is 24.3 Å². The molecule has 0 unspecified atom stereocenters. The summed E-state index contributed by atoms with van der Waals surface area (Å²) in [5.74, 6) is 0.792. The van der Waals surface area contributed by atoms with E-state index >= 15 is 0 Å². The number of nitrogens with one attached hydrogen (secondary N) is 1. The lowest BCUT2D eigenvalue weighted by molar-refractivity contribution is -0.120. The van der Waals surface area contributed by atoms with Gasteiger partial charge in [-0.3, -0.25) is 4.79 Å². The number of benzene rings is 2. The molecule has 4 heteroatoms. The number of hydrogen-bond donors (Lipinski definition) is 2. The smallest absolute Gasteiger partial charge is 0.220 e. The summed E-state index contributed by atoms with van der Waals surface area (Å²) in [6, 6.07) is 11.9. The van der Waals surface area contributed by atoms with Gasteiger partial charge < -0.3 is 15.2 Å². The first kappa shape index (κ1) is 14.3. The van der Waals surface area contributed by atoms with Crippen LogP contribution in [0.1, 0.15) is 12.0 Å². The van der Waals surface area contributed by atoms with Gasteiger partial charge in [-0.15, -0.1) is 0 Å². The van der Waals surface area contributed by atoms with Crippen molar-refractivity contribution in [1.29, 1.82) is 0 Å². The molecule has 2 rings (SSSR count). The molecule has 1 amide bonds. The molecule has 20 heavy (non-hydrogen) atoms. The van der Waals surface area contributed by atoms with E-state index in [2.05, 4.69) is 5.32 Å². The molecule has 2 N–H and O–H groups in total. The van der Waals surface area contributed by atoms with Crippen LogP contribution in [0.15, 0.2) is 36.4 Å². The highest BCUT2D eigenvalue weighted by Gasteiger charge is 2.05. The van der Waals surface area contributed by atoms with Crippen molar-refractivity contribution in [2.75, 3.05) is 20.3 Å². The quantitative estimate of drug-likeness (QED) is 0.845. The fraction of sp³-hybridized carbons (Fsp3) is 0.312. The zero-order chi connectivity index (χ0) is 14.4. The summed E-state index contributed by atoms with van der Waals surface area (Å²) in [6.07, 6.45) is 1.20. The van der Waals surface area contributed by atoms with Gasteiger partial charge in [0.25, 0.3) is 0 Å². The van der Waals surface area contributed by atoms with Crippen LogP contribution >= 0.6 is 0 Å². The van der Waals surface area contributed by atoms with Gasteiger partial charge in [-0.05, 0) is 34.9 Å². The number of fused-ring (bicyclic) bond motifs is 1. The topological polar surface area (TPSA) is 58.6 Å². The van der Waals surface area contributed by atoms with Gasteiger partial charge in [0.2, 0.25) is 5.91 Å². The molecule has 0 saturated heterocycles. The number of carbonyl (C=O) groups is 1. The molecule has 0 saturated carbocycles. The number of carbonyl (C=O) groups excluding carboxylic acids is 1. The predicted molar refractivity (Wildman–Crippen MR) is 78.9 cm³/mol. The molecule has 0 aliphatic carbocycles. The molecule has 0 atom stereocenters. The Morgan fingerprint density at radius 2 is 2.15 bits per heavy atom. The number of aliphatic hydroxyl groups excluding tert-OH is 1. The standard InChI is InChI=1S/C16H19NO3/c1-17-16(19)8-5-12-3-2-4-13-11-14(20-10-9-18)6-7-15(12)13/h2-4,6-7,11,18H,5,8-10H2,1H3,(H,17,19). The zero-order valence-electron chi connectivity index (χ0n) is 11.6. The van der Waals surface area contributed by atoms with Crippen LogP contribution in [0.3, 0.4) is 0 Å². The first-order valence-electron chi connectivity index (χ1n) is 6.70. The molecule has 0 aliphatic rings. The lowest BCUT2D eigenvalue weighted by Crippen LogP contribution is -2.17. The van der Waals surface area contributed by atoms with Crippen molar-refractivity contribution in [3.05, 3.63) is 42.0 Å². The third-order valence-corrected chi connectivity index (χ3v) is 3.20. The summed E-state index contributed by atoms with van der Waals surface area (Å²) in [5.41, 5.74) is 1.15. The number of ether oxygens (including phenoxy) is 1. The van der Waals surface area contributed by atoms with Crippen LogP contribution in [-0.4, -0.2) is 31.3 Å². The van der Waals surface area contributed by atoms with Gasteiger partial charge in [-0.2, -0.15) is 0 Å². The molecule has 0 heterocycles. The number of aliphatic hydroxyl groups is 1. The summed E-state index contributed by atoms with van der Waals surface area (Å²) >= 11 is 0. The molecule has 0 bridgehead atoms.